The number of carbonyl (C=O) groups excluding carboxylic acids is 1. The van der Waals surface area contributed by atoms with Crippen LogP contribution in [-0.2, 0) is 4.79 Å². The van der Waals surface area contributed by atoms with Gasteiger partial charge in [-0.05, 0) is 75.7 Å². The van der Waals surface area contributed by atoms with E-state index >= 15 is 0 Å². The minimum absolute atomic E-state index is 0.0185. The predicted octanol–water partition coefficient (Wildman–Crippen LogP) is 4.44. The molecular formula is C20H30O2. The maximum Gasteiger partial charge on any atom is 0.187 e. The Balaban J connectivity index is 2.11. The van der Waals surface area contributed by atoms with Crippen molar-refractivity contribution in [3.63, 3.8) is 0 Å². The summed E-state index contributed by atoms with van der Waals surface area (Å²) in [5.74, 6) is 1.52. The third-order valence-corrected chi connectivity index (χ3v) is 6.82. The van der Waals surface area contributed by atoms with Crippen molar-refractivity contribution in [2.45, 2.75) is 72.3 Å². The number of aliphatic hydroxyl groups excluding tert-OH is 1. The summed E-state index contributed by atoms with van der Waals surface area (Å²) >= 11 is 0. The summed E-state index contributed by atoms with van der Waals surface area (Å²) in [6, 6.07) is 0. The molecule has 22 heavy (non-hydrogen) atoms. The monoisotopic (exact) mass is 302 g/mol. The predicted molar refractivity (Wildman–Crippen MR) is 89.4 cm³/mol. The van der Waals surface area contributed by atoms with Gasteiger partial charge in [0.2, 0.25) is 0 Å². The van der Waals surface area contributed by atoms with Gasteiger partial charge in [-0.15, -0.1) is 0 Å². The second kappa shape index (κ2) is 5.63. The highest BCUT2D eigenvalue weighted by Gasteiger charge is 2.56. The molecule has 3 rings (SSSR count). The van der Waals surface area contributed by atoms with E-state index in [1.165, 1.54) is 17.6 Å². The second-order valence-corrected chi connectivity index (χ2v) is 8.23. The van der Waals surface area contributed by atoms with Crippen LogP contribution < -0.4 is 0 Å². The van der Waals surface area contributed by atoms with Gasteiger partial charge in [0, 0.05) is 5.41 Å². The van der Waals surface area contributed by atoms with Crippen molar-refractivity contribution in [1.82, 2.24) is 0 Å². The summed E-state index contributed by atoms with van der Waals surface area (Å²) in [6.07, 6.45) is 7.95. The molecule has 5 unspecified atom stereocenters. The van der Waals surface area contributed by atoms with Crippen molar-refractivity contribution >= 4 is 5.78 Å². The molecule has 2 heteroatoms. The van der Waals surface area contributed by atoms with Crippen molar-refractivity contribution in [1.29, 1.82) is 0 Å². The molecule has 0 aliphatic heterocycles. The normalized spacial score (nSPS) is 43.0. The van der Waals surface area contributed by atoms with Crippen LogP contribution in [0.3, 0.4) is 0 Å². The van der Waals surface area contributed by atoms with Crippen LogP contribution in [0.15, 0.2) is 22.8 Å². The molecule has 1 saturated carbocycles. The van der Waals surface area contributed by atoms with Gasteiger partial charge < -0.3 is 5.11 Å². The molecule has 1 N–H and O–H groups in total. The first kappa shape index (κ1) is 16.0. The van der Waals surface area contributed by atoms with Crippen molar-refractivity contribution in [2.75, 3.05) is 0 Å². The summed E-state index contributed by atoms with van der Waals surface area (Å²) in [7, 11) is 0. The lowest BCUT2D eigenvalue weighted by Crippen LogP contribution is -2.48. The molecule has 0 aromatic heterocycles. The lowest BCUT2D eigenvalue weighted by molar-refractivity contribution is -0.133. The Morgan fingerprint density at radius 1 is 1.23 bits per heavy atom. The molecule has 3 aliphatic rings. The Bertz CT molecular complexity index is 542. The molecule has 2 bridgehead atoms. The average molecular weight is 302 g/mol. The van der Waals surface area contributed by atoms with Gasteiger partial charge >= 0.3 is 0 Å². The number of hydrogen-bond donors (Lipinski definition) is 1. The Morgan fingerprint density at radius 3 is 2.68 bits per heavy atom. The fourth-order valence-corrected chi connectivity index (χ4v) is 5.29. The van der Waals surface area contributed by atoms with Gasteiger partial charge in [-0.3, -0.25) is 4.79 Å². The first-order valence-electron chi connectivity index (χ1n) is 8.95. The molecule has 0 saturated heterocycles. The summed E-state index contributed by atoms with van der Waals surface area (Å²) in [5, 5.41) is 10.7. The van der Waals surface area contributed by atoms with Gasteiger partial charge in [0.25, 0.3) is 0 Å². The van der Waals surface area contributed by atoms with Gasteiger partial charge in [-0.25, -0.2) is 0 Å². The molecular weight excluding hydrogens is 272 g/mol. The van der Waals surface area contributed by atoms with Crippen LogP contribution in [0.5, 0.6) is 0 Å². The largest absolute Gasteiger partial charge is 0.384 e. The lowest BCUT2D eigenvalue weighted by atomic mass is 9.62. The second-order valence-electron chi connectivity index (χ2n) is 8.23. The van der Waals surface area contributed by atoms with Crippen molar-refractivity contribution in [2.24, 2.45) is 23.2 Å². The van der Waals surface area contributed by atoms with Crippen LogP contribution in [0.25, 0.3) is 0 Å². The first-order valence-corrected chi connectivity index (χ1v) is 8.95. The van der Waals surface area contributed by atoms with Crippen LogP contribution in [-0.4, -0.2) is 17.0 Å². The Kier molecular flexibility index (Phi) is 4.09. The third-order valence-electron chi connectivity index (χ3n) is 6.82. The third kappa shape index (κ3) is 2.31. The topological polar surface area (TPSA) is 37.3 Å². The van der Waals surface area contributed by atoms with Crippen molar-refractivity contribution in [3.05, 3.63) is 22.8 Å². The smallest absolute Gasteiger partial charge is 0.187 e. The zero-order valence-electron chi connectivity index (χ0n) is 14.5. The Hall–Kier alpha value is -0.890. The zero-order valence-corrected chi connectivity index (χ0v) is 14.5. The summed E-state index contributed by atoms with van der Waals surface area (Å²) in [6.45, 7) is 8.84. The number of rotatable bonds is 0. The van der Waals surface area contributed by atoms with E-state index in [-0.39, 0.29) is 11.2 Å². The van der Waals surface area contributed by atoms with Gasteiger partial charge in [-0.1, -0.05) is 31.1 Å². The van der Waals surface area contributed by atoms with Gasteiger partial charge in [0.15, 0.2) is 5.78 Å². The molecule has 0 radical (unpaired) electrons. The van der Waals surface area contributed by atoms with E-state index in [9.17, 15) is 9.90 Å². The number of hydrogen-bond acceptors (Lipinski definition) is 2. The molecule has 2 nitrogen and oxygen atoms in total. The molecule has 3 aliphatic carbocycles. The summed E-state index contributed by atoms with van der Waals surface area (Å²) < 4.78 is 0. The number of allylic oxidation sites excluding steroid dienone is 3. The Morgan fingerprint density at radius 2 is 1.95 bits per heavy atom. The van der Waals surface area contributed by atoms with Crippen LogP contribution in [0.1, 0.15) is 66.2 Å². The van der Waals surface area contributed by atoms with Crippen LogP contribution in [0.2, 0.25) is 0 Å². The molecule has 1 fully saturated rings. The Labute approximate surface area is 134 Å². The molecule has 0 heterocycles. The van der Waals surface area contributed by atoms with E-state index in [1.54, 1.807) is 0 Å². The number of ketones is 1. The van der Waals surface area contributed by atoms with Crippen molar-refractivity contribution in [3.8, 4) is 0 Å². The minimum atomic E-state index is -0.801. The van der Waals surface area contributed by atoms with Gasteiger partial charge in [0.1, 0.15) is 6.10 Å². The lowest BCUT2D eigenvalue weighted by Gasteiger charge is -2.43. The van der Waals surface area contributed by atoms with Crippen LogP contribution in [0.4, 0.5) is 0 Å². The van der Waals surface area contributed by atoms with E-state index in [1.807, 2.05) is 0 Å². The fourth-order valence-electron chi connectivity index (χ4n) is 5.29. The van der Waals surface area contributed by atoms with Crippen LogP contribution in [0, 0.1) is 23.2 Å². The molecule has 0 spiro atoms. The fraction of sp³-hybridized carbons (Fsp3) is 0.750. The molecule has 0 amide bonds. The van der Waals surface area contributed by atoms with Crippen molar-refractivity contribution < 1.29 is 9.90 Å². The van der Waals surface area contributed by atoms with E-state index in [4.69, 9.17) is 0 Å². The average Bonchev–Trinajstić information content (AvgIpc) is 2.83. The molecule has 5 atom stereocenters. The van der Waals surface area contributed by atoms with Crippen LogP contribution >= 0.6 is 0 Å². The summed E-state index contributed by atoms with van der Waals surface area (Å²) in [5.41, 5.74) is 3.44. The molecule has 0 aromatic rings. The highest BCUT2D eigenvalue weighted by Crippen LogP contribution is 2.58. The molecule has 122 valence electrons. The van der Waals surface area contributed by atoms with E-state index < -0.39 is 6.10 Å². The number of aliphatic hydroxyl groups is 1. The minimum Gasteiger partial charge on any atom is -0.384 e. The molecule has 0 aromatic carbocycles. The van der Waals surface area contributed by atoms with E-state index in [0.717, 1.165) is 37.7 Å². The highest BCUT2D eigenvalue weighted by molar-refractivity contribution is 6.01. The standard InChI is InChI=1S/C20H30O2/c1-12-6-5-7-13(2)15-10-11-20(4)17(15)14(3)16(9-8-12)18(21)19(20)22/h7,12,15,17,19,22H,5-6,8-11H2,1-4H3. The SMILES string of the molecule is CC1=CCCC(C)CCC2=C(C)C3C1CCC3(C)C(O)C2=O. The first-order chi connectivity index (χ1) is 10.4. The number of Topliss-reactive ketones (excluding diaryl/α,β-unsaturated/α-hetero) is 1. The number of carbonyl (C=O) groups is 1. The summed E-state index contributed by atoms with van der Waals surface area (Å²) in [4.78, 5) is 12.8. The maximum atomic E-state index is 12.8. The zero-order chi connectivity index (χ0) is 16.1. The van der Waals surface area contributed by atoms with E-state index in [0.29, 0.717) is 17.8 Å². The quantitative estimate of drug-likeness (QED) is 0.672. The highest BCUT2D eigenvalue weighted by atomic mass is 16.3. The van der Waals surface area contributed by atoms with Gasteiger partial charge in [-0.2, -0.15) is 0 Å². The maximum absolute atomic E-state index is 12.8. The van der Waals surface area contributed by atoms with E-state index in [2.05, 4.69) is 33.8 Å². The van der Waals surface area contributed by atoms with Gasteiger partial charge in [0.05, 0.1) is 0 Å².